The minimum atomic E-state index is -0.748. The average Bonchev–Trinajstić information content (AvgIpc) is 3.15. The molecule has 0 aliphatic heterocycles. The molecule has 0 saturated carbocycles. The molecule has 0 amide bonds. The van der Waals surface area contributed by atoms with Gasteiger partial charge in [0.1, 0.15) is 24.8 Å². The Balaban J connectivity index is 1.55. The summed E-state index contributed by atoms with van der Waals surface area (Å²) in [5.74, 6) is 1.14. The van der Waals surface area contributed by atoms with E-state index in [-0.39, 0.29) is 18.8 Å². The fourth-order valence-corrected chi connectivity index (χ4v) is 2.53. The third kappa shape index (κ3) is 4.89. The summed E-state index contributed by atoms with van der Waals surface area (Å²) in [6.07, 6.45) is 1.73. The summed E-state index contributed by atoms with van der Waals surface area (Å²) in [5.41, 5.74) is 1.91. The second-order valence-corrected chi connectivity index (χ2v) is 6.06. The van der Waals surface area contributed by atoms with Crippen molar-refractivity contribution in [2.45, 2.75) is 26.0 Å². The zero-order valence-corrected chi connectivity index (χ0v) is 14.9. The molecule has 2 aromatic carbocycles. The number of hydrogen-bond acceptors (Lipinski definition) is 6. The van der Waals surface area contributed by atoms with Gasteiger partial charge >= 0.3 is 0 Å². The average molecular weight is 368 g/mol. The monoisotopic (exact) mass is 368 g/mol. The minimum Gasteiger partial charge on any atom is -0.491 e. The van der Waals surface area contributed by atoms with Gasteiger partial charge in [-0.05, 0) is 36.2 Å². The maximum absolute atomic E-state index is 10.7. The summed E-state index contributed by atoms with van der Waals surface area (Å²) < 4.78 is 7.11. The lowest BCUT2D eigenvalue weighted by Crippen LogP contribution is -2.23. The highest BCUT2D eigenvalue weighted by atomic mass is 16.6. The molecular weight excluding hydrogens is 348 g/mol. The van der Waals surface area contributed by atoms with Crippen molar-refractivity contribution in [1.82, 2.24) is 14.8 Å². The van der Waals surface area contributed by atoms with E-state index in [0.29, 0.717) is 17.1 Å². The largest absolute Gasteiger partial charge is 0.491 e. The Morgan fingerprint density at radius 1 is 1.19 bits per heavy atom. The summed E-state index contributed by atoms with van der Waals surface area (Å²) in [4.78, 5) is 14.4. The Bertz CT molecular complexity index is 891. The molecular formula is C19H20N4O4. The van der Waals surface area contributed by atoms with E-state index in [0.717, 1.165) is 6.42 Å². The molecule has 1 heterocycles. The van der Waals surface area contributed by atoms with Crippen molar-refractivity contribution in [3.63, 3.8) is 0 Å². The van der Waals surface area contributed by atoms with Crippen molar-refractivity contribution in [2.75, 3.05) is 6.61 Å². The molecule has 140 valence electrons. The molecule has 27 heavy (non-hydrogen) atoms. The number of aliphatic hydroxyl groups is 1. The lowest BCUT2D eigenvalue weighted by Gasteiger charge is -2.12. The van der Waals surface area contributed by atoms with E-state index < -0.39 is 11.0 Å². The van der Waals surface area contributed by atoms with E-state index in [2.05, 4.69) is 17.0 Å². The number of aromatic nitrogens is 3. The molecule has 0 fully saturated rings. The van der Waals surface area contributed by atoms with Gasteiger partial charge in [0.2, 0.25) is 0 Å². The van der Waals surface area contributed by atoms with Gasteiger partial charge in [-0.15, -0.1) is 0 Å². The van der Waals surface area contributed by atoms with Crippen LogP contribution in [0.25, 0.3) is 11.4 Å². The van der Waals surface area contributed by atoms with Gasteiger partial charge in [-0.1, -0.05) is 19.1 Å². The molecule has 8 nitrogen and oxygen atoms in total. The minimum absolute atomic E-state index is 0.0118. The summed E-state index contributed by atoms with van der Waals surface area (Å²) >= 11 is 0. The fraction of sp³-hybridized carbons (Fsp3) is 0.263. The topological polar surface area (TPSA) is 103 Å². The maximum atomic E-state index is 10.7. The molecule has 0 aliphatic carbocycles. The van der Waals surface area contributed by atoms with Crippen molar-refractivity contribution in [3.05, 3.63) is 70.5 Å². The van der Waals surface area contributed by atoms with Crippen LogP contribution < -0.4 is 4.74 Å². The second kappa shape index (κ2) is 8.41. The first-order chi connectivity index (χ1) is 13.0. The number of hydrogen-bond donors (Lipinski definition) is 1. The summed E-state index contributed by atoms with van der Waals surface area (Å²) in [5, 5.41) is 25.1. The molecule has 0 spiro atoms. The van der Waals surface area contributed by atoms with Crippen LogP contribution >= 0.6 is 0 Å². The second-order valence-electron chi connectivity index (χ2n) is 6.06. The molecule has 0 radical (unpaired) electrons. The Morgan fingerprint density at radius 2 is 1.89 bits per heavy atom. The number of aryl methyl sites for hydroxylation is 1. The van der Waals surface area contributed by atoms with E-state index in [1.165, 1.54) is 28.7 Å². The van der Waals surface area contributed by atoms with Crippen LogP contribution in [0.1, 0.15) is 12.5 Å². The number of aliphatic hydroxyl groups excluding tert-OH is 1. The molecule has 0 bridgehead atoms. The lowest BCUT2D eigenvalue weighted by atomic mass is 10.2. The van der Waals surface area contributed by atoms with Crippen LogP contribution in [0.3, 0.4) is 0 Å². The van der Waals surface area contributed by atoms with Gasteiger partial charge in [-0.3, -0.25) is 10.1 Å². The Kier molecular flexibility index (Phi) is 5.77. The number of non-ortho nitro benzene ring substituents is 1. The van der Waals surface area contributed by atoms with Gasteiger partial charge in [0, 0.05) is 17.7 Å². The van der Waals surface area contributed by atoms with Crippen LogP contribution in [0, 0.1) is 10.1 Å². The SMILES string of the molecule is CCc1ccc(OCC(O)Cn2cnc(-c3ccc([N+](=O)[O-])cc3)n2)cc1. The third-order valence-electron chi connectivity index (χ3n) is 4.04. The number of nitrogens with zero attached hydrogens (tertiary/aromatic N) is 4. The summed E-state index contributed by atoms with van der Waals surface area (Å²) in [7, 11) is 0. The Morgan fingerprint density at radius 3 is 2.52 bits per heavy atom. The molecule has 3 rings (SSSR count). The highest BCUT2D eigenvalue weighted by molar-refractivity contribution is 5.56. The van der Waals surface area contributed by atoms with Crippen molar-refractivity contribution in [2.24, 2.45) is 0 Å². The Hall–Kier alpha value is -3.26. The lowest BCUT2D eigenvalue weighted by molar-refractivity contribution is -0.384. The molecule has 0 aliphatic rings. The molecule has 1 aromatic heterocycles. The zero-order valence-electron chi connectivity index (χ0n) is 14.9. The number of ether oxygens (including phenoxy) is 1. The van der Waals surface area contributed by atoms with Crippen LogP contribution in [0.5, 0.6) is 5.75 Å². The first-order valence-electron chi connectivity index (χ1n) is 8.59. The van der Waals surface area contributed by atoms with Gasteiger partial charge in [0.05, 0.1) is 11.5 Å². The van der Waals surface area contributed by atoms with Crippen molar-refractivity contribution >= 4 is 5.69 Å². The highest BCUT2D eigenvalue weighted by Crippen LogP contribution is 2.19. The first-order valence-corrected chi connectivity index (χ1v) is 8.59. The normalized spacial score (nSPS) is 11.9. The predicted molar refractivity (Wildman–Crippen MR) is 99.4 cm³/mol. The standard InChI is InChI=1S/C19H20N4O4/c1-2-14-3-9-18(10-4-14)27-12-17(24)11-22-13-20-19(21-22)15-5-7-16(8-6-15)23(25)26/h3-10,13,17,24H,2,11-12H2,1H3. The summed E-state index contributed by atoms with van der Waals surface area (Å²) in [6, 6.07) is 13.8. The van der Waals surface area contributed by atoms with Crippen LogP contribution in [0.2, 0.25) is 0 Å². The first kappa shape index (κ1) is 18.5. The zero-order chi connectivity index (χ0) is 19.2. The predicted octanol–water partition coefficient (Wildman–Crippen LogP) is 2.86. The number of benzene rings is 2. The fourth-order valence-electron chi connectivity index (χ4n) is 2.53. The van der Waals surface area contributed by atoms with Crippen LogP contribution in [0.4, 0.5) is 5.69 Å². The maximum Gasteiger partial charge on any atom is 0.269 e. The quantitative estimate of drug-likeness (QED) is 0.484. The number of rotatable bonds is 8. The van der Waals surface area contributed by atoms with Crippen molar-refractivity contribution in [3.8, 4) is 17.1 Å². The van der Waals surface area contributed by atoms with E-state index >= 15 is 0 Å². The van der Waals surface area contributed by atoms with Crippen LogP contribution in [-0.4, -0.2) is 37.5 Å². The molecule has 0 saturated heterocycles. The van der Waals surface area contributed by atoms with E-state index in [4.69, 9.17) is 4.74 Å². The smallest absolute Gasteiger partial charge is 0.269 e. The summed E-state index contributed by atoms with van der Waals surface area (Å²) in [6.45, 7) is 2.45. The molecule has 8 heteroatoms. The van der Waals surface area contributed by atoms with Gasteiger partial charge in [-0.25, -0.2) is 9.67 Å². The highest BCUT2D eigenvalue weighted by Gasteiger charge is 2.11. The molecule has 1 unspecified atom stereocenters. The Labute approximate surface area is 156 Å². The van der Waals surface area contributed by atoms with Crippen molar-refractivity contribution in [1.29, 1.82) is 0 Å². The third-order valence-corrected chi connectivity index (χ3v) is 4.04. The van der Waals surface area contributed by atoms with E-state index in [1.54, 1.807) is 12.1 Å². The van der Waals surface area contributed by atoms with Gasteiger partial charge in [0.25, 0.3) is 5.69 Å². The number of nitro groups is 1. The van der Waals surface area contributed by atoms with Gasteiger partial charge < -0.3 is 9.84 Å². The molecule has 1 N–H and O–H groups in total. The van der Waals surface area contributed by atoms with Gasteiger partial charge in [-0.2, -0.15) is 5.10 Å². The van der Waals surface area contributed by atoms with Crippen LogP contribution in [0.15, 0.2) is 54.9 Å². The van der Waals surface area contributed by atoms with E-state index in [9.17, 15) is 15.2 Å². The van der Waals surface area contributed by atoms with Crippen molar-refractivity contribution < 1.29 is 14.8 Å². The van der Waals surface area contributed by atoms with Gasteiger partial charge in [0.15, 0.2) is 5.82 Å². The van der Waals surface area contributed by atoms with E-state index in [1.807, 2.05) is 24.3 Å². The number of nitro benzene ring substituents is 1. The van der Waals surface area contributed by atoms with Crippen LogP contribution in [-0.2, 0) is 13.0 Å². The molecule has 1 atom stereocenters. The molecule has 3 aromatic rings.